The maximum absolute atomic E-state index is 13.3. The predicted octanol–water partition coefficient (Wildman–Crippen LogP) is 3.56. The number of methoxy groups -OCH3 is 1. The molecule has 10 nitrogen and oxygen atoms in total. The minimum absolute atomic E-state index is 0.140. The molecule has 4 rings (SSSR count). The monoisotopic (exact) mass is 561 g/mol. The molecule has 0 aliphatic carbocycles. The Balaban J connectivity index is 1.67. The summed E-state index contributed by atoms with van der Waals surface area (Å²) in [6, 6.07) is 12.6. The van der Waals surface area contributed by atoms with Crippen LogP contribution in [0.4, 0.5) is 0 Å². The SMILES string of the molecule is CCCN(C)S(=O)(=O)N(CCC)CCN1C[C@H](c2ccc3c(c2)OCO3)[C@H](C(=O)O)[C@H]1c1ccc(OC)cc1. The number of rotatable bonds is 13. The molecular formula is C28H39N3O7S. The van der Waals surface area contributed by atoms with Gasteiger partial charge in [0.2, 0.25) is 6.79 Å². The molecule has 11 heteroatoms. The summed E-state index contributed by atoms with van der Waals surface area (Å²) in [6.45, 7) is 5.98. The fourth-order valence-corrected chi connectivity index (χ4v) is 7.13. The second kappa shape index (κ2) is 12.5. The van der Waals surface area contributed by atoms with Crippen LogP contribution < -0.4 is 14.2 Å². The summed E-state index contributed by atoms with van der Waals surface area (Å²) >= 11 is 0. The van der Waals surface area contributed by atoms with Crippen molar-refractivity contribution in [3.05, 3.63) is 53.6 Å². The van der Waals surface area contributed by atoms with Crippen molar-refractivity contribution in [2.45, 2.75) is 38.6 Å². The lowest BCUT2D eigenvalue weighted by molar-refractivity contribution is -0.143. The van der Waals surface area contributed by atoms with Crippen molar-refractivity contribution in [1.29, 1.82) is 0 Å². The highest BCUT2D eigenvalue weighted by Crippen LogP contribution is 2.47. The third-order valence-corrected chi connectivity index (χ3v) is 9.52. The van der Waals surface area contributed by atoms with Gasteiger partial charge in [-0.2, -0.15) is 17.0 Å². The summed E-state index contributed by atoms with van der Waals surface area (Å²) < 4.78 is 45.9. The van der Waals surface area contributed by atoms with E-state index in [0.717, 1.165) is 17.5 Å². The number of likely N-dealkylation sites (tertiary alicyclic amines) is 1. The molecule has 2 aromatic carbocycles. The zero-order valence-electron chi connectivity index (χ0n) is 23.1. The van der Waals surface area contributed by atoms with Crippen LogP contribution in [0.2, 0.25) is 0 Å². The molecule has 0 radical (unpaired) electrons. The van der Waals surface area contributed by atoms with Gasteiger partial charge in [0.1, 0.15) is 5.75 Å². The van der Waals surface area contributed by atoms with Gasteiger partial charge in [-0.1, -0.05) is 32.0 Å². The summed E-state index contributed by atoms with van der Waals surface area (Å²) in [5.74, 6) is -0.0525. The number of hydrogen-bond donors (Lipinski definition) is 1. The second-order valence-corrected chi connectivity index (χ2v) is 12.1. The van der Waals surface area contributed by atoms with E-state index in [2.05, 4.69) is 4.90 Å². The lowest BCUT2D eigenvalue weighted by Gasteiger charge is -2.31. The van der Waals surface area contributed by atoms with E-state index >= 15 is 0 Å². The maximum Gasteiger partial charge on any atom is 0.309 e. The van der Waals surface area contributed by atoms with Crippen molar-refractivity contribution < 1.29 is 32.5 Å². The lowest BCUT2D eigenvalue weighted by Crippen LogP contribution is -2.46. The summed E-state index contributed by atoms with van der Waals surface area (Å²) in [6.07, 6.45) is 1.40. The number of fused-ring (bicyclic) bond motifs is 1. The Kier molecular flexibility index (Phi) is 9.37. The van der Waals surface area contributed by atoms with E-state index in [1.165, 1.54) is 8.61 Å². The van der Waals surface area contributed by atoms with Crippen molar-refractivity contribution in [3.63, 3.8) is 0 Å². The topological polar surface area (TPSA) is 109 Å². The van der Waals surface area contributed by atoms with Gasteiger partial charge in [-0.3, -0.25) is 9.69 Å². The van der Waals surface area contributed by atoms with E-state index in [1.807, 2.05) is 56.3 Å². The van der Waals surface area contributed by atoms with Crippen LogP contribution in [0.25, 0.3) is 0 Å². The molecule has 1 fully saturated rings. The predicted molar refractivity (Wildman–Crippen MR) is 147 cm³/mol. The highest BCUT2D eigenvalue weighted by Gasteiger charge is 2.47. The van der Waals surface area contributed by atoms with Crippen molar-refractivity contribution in [2.75, 3.05) is 53.7 Å². The molecule has 0 amide bonds. The third-order valence-electron chi connectivity index (χ3n) is 7.53. The van der Waals surface area contributed by atoms with Gasteiger partial charge in [-0.25, -0.2) is 0 Å². The van der Waals surface area contributed by atoms with Crippen LogP contribution in [-0.2, 0) is 15.0 Å². The summed E-state index contributed by atoms with van der Waals surface area (Å²) in [5, 5.41) is 10.5. The van der Waals surface area contributed by atoms with E-state index in [4.69, 9.17) is 14.2 Å². The first-order chi connectivity index (χ1) is 18.7. The third kappa shape index (κ3) is 6.16. The molecule has 2 aliphatic heterocycles. The number of ether oxygens (including phenoxy) is 3. The molecular weight excluding hydrogens is 522 g/mol. The van der Waals surface area contributed by atoms with Gasteiger partial charge in [0.05, 0.1) is 13.0 Å². The lowest BCUT2D eigenvalue weighted by atomic mass is 9.82. The Morgan fingerprint density at radius 3 is 2.33 bits per heavy atom. The van der Waals surface area contributed by atoms with Crippen molar-refractivity contribution in [2.24, 2.45) is 5.92 Å². The molecule has 1 N–H and O–H groups in total. The molecule has 0 aromatic heterocycles. The number of aliphatic carboxylic acids is 1. The van der Waals surface area contributed by atoms with E-state index in [1.54, 1.807) is 14.2 Å². The summed E-state index contributed by atoms with van der Waals surface area (Å²) in [7, 11) is -0.441. The van der Waals surface area contributed by atoms with E-state index in [-0.39, 0.29) is 19.3 Å². The minimum Gasteiger partial charge on any atom is -0.497 e. The van der Waals surface area contributed by atoms with Crippen LogP contribution in [0.5, 0.6) is 17.2 Å². The minimum atomic E-state index is -3.63. The highest BCUT2D eigenvalue weighted by atomic mass is 32.2. The molecule has 0 spiro atoms. The molecule has 0 bridgehead atoms. The average Bonchev–Trinajstić information content (AvgIpc) is 3.55. The normalized spacial score (nSPS) is 21.1. The summed E-state index contributed by atoms with van der Waals surface area (Å²) in [5.41, 5.74) is 1.70. The first-order valence-corrected chi connectivity index (χ1v) is 14.8. The van der Waals surface area contributed by atoms with Crippen molar-refractivity contribution in [1.82, 2.24) is 13.5 Å². The largest absolute Gasteiger partial charge is 0.497 e. The Hall–Kier alpha value is -2.86. The van der Waals surface area contributed by atoms with Gasteiger partial charge in [-0.05, 0) is 48.2 Å². The van der Waals surface area contributed by atoms with Crippen LogP contribution >= 0.6 is 0 Å². The Morgan fingerprint density at radius 1 is 1.03 bits per heavy atom. The quantitative estimate of drug-likeness (QED) is 0.396. The molecule has 1 saturated heterocycles. The van der Waals surface area contributed by atoms with Crippen LogP contribution in [0.3, 0.4) is 0 Å². The first kappa shape index (κ1) is 29.1. The first-order valence-electron chi connectivity index (χ1n) is 13.4. The number of carboxylic acid groups (broad SMARTS) is 1. The molecule has 39 heavy (non-hydrogen) atoms. The Morgan fingerprint density at radius 2 is 1.69 bits per heavy atom. The molecule has 0 saturated carbocycles. The molecule has 2 aliphatic rings. The second-order valence-electron chi connectivity index (χ2n) is 10.0. The van der Waals surface area contributed by atoms with Gasteiger partial charge >= 0.3 is 5.97 Å². The number of nitrogens with zero attached hydrogens (tertiary/aromatic N) is 3. The van der Waals surface area contributed by atoms with E-state index in [9.17, 15) is 18.3 Å². The Labute approximate surface area is 231 Å². The number of carbonyl (C=O) groups is 1. The fraction of sp³-hybridized carbons (Fsp3) is 0.536. The van der Waals surface area contributed by atoms with Gasteiger partial charge in [0.25, 0.3) is 10.2 Å². The zero-order chi connectivity index (χ0) is 28.2. The van der Waals surface area contributed by atoms with E-state index in [0.29, 0.717) is 49.8 Å². The zero-order valence-corrected chi connectivity index (χ0v) is 23.9. The van der Waals surface area contributed by atoms with Crippen LogP contribution in [0.1, 0.15) is 49.8 Å². The fourth-order valence-electron chi connectivity index (χ4n) is 5.60. The molecule has 214 valence electrons. The van der Waals surface area contributed by atoms with Crippen LogP contribution in [0, 0.1) is 5.92 Å². The standard InChI is InChI=1S/C28H39N3O7S/c1-5-13-29(3)39(34,35)31(14-6-2)16-15-30-18-23(21-9-12-24-25(17-21)38-19-37-24)26(28(32)33)27(30)20-7-10-22(36-4)11-8-20/h7-12,17,23,26-27H,5-6,13-16,18-19H2,1-4H3,(H,32,33)/t23-,26+,27-/m1/s1. The van der Waals surface area contributed by atoms with Gasteiger partial charge in [0, 0.05) is 51.7 Å². The number of benzene rings is 2. The number of hydrogen-bond acceptors (Lipinski definition) is 7. The van der Waals surface area contributed by atoms with Crippen molar-refractivity contribution >= 4 is 16.2 Å². The smallest absolute Gasteiger partial charge is 0.309 e. The Bertz CT molecular complexity index is 1240. The molecule has 3 atom stereocenters. The molecule has 2 aromatic rings. The highest BCUT2D eigenvalue weighted by molar-refractivity contribution is 7.86. The molecule has 2 heterocycles. The van der Waals surface area contributed by atoms with Crippen LogP contribution in [0.15, 0.2) is 42.5 Å². The van der Waals surface area contributed by atoms with Gasteiger partial charge in [0.15, 0.2) is 11.5 Å². The molecule has 0 unspecified atom stereocenters. The summed E-state index contributed by atoms with van der Waals surface area (Å²) in [4.78, 5) is 14.9. The maximum atomic E-state index is 13.3. The average molecular weight is 562 g/mol. The number of carboxylic acids is 1. The van der Waals surface area contributed by atoms with Gasteiger partial charge < -0.3 is 19.3 Å². The van der Waals surface area contributed by atoms with Gasteiger partial charge in [-0.15, -0.1) is 0 Å². The van der Waals surface area contributed by atoms with Crippen molar-refractivity contribution in [3.8, 4) is 17.2 Å². The van der Waals surface area contributed by atoms with Crippen LogP contribution in [-0.4, -0.2) is 86.7 Å². The van der Waals surface area contributed by atoms with E-state index < -0.39 is 28.1 Å².